The molecule has 0 aromatic carbocycles. The van der Waals surface area contributed by atoms with Crippen LogP contribution in [0.15, 0.2) is 0 Å². The van der Waals surface area contributed by atoms with Crippen LogP contribution in [-0.4, -0.2) is 36.0 Å². The van der Waals surface area contributed by atoms with Crippen molar-refractivity contribution in [3.05, 3.63) is 0 Å². The van der Waals surface area contributed by atoms with Gasteiger partial charge in [0.25, 0.3) is 0 Å². The fourth-order valence-corrected chi connectivity index (χ4v) is 3.89. The quantitative estimate of drug-likeness (QED) is 0.770. The minimum absolute atomic E-state index is 0.255. The molecule has 1 heterocycles. The molecule has 0 spiro atoms. The van der Waals surface area contributed by atoms with E-state index in [1.165, 1.54) is 51.4 Å². The third kappa shape index (κ3) is 5.19. The number of rotatable bonds is 4. The average molecular weight is 270 g/mol. The summed E-state index contributed by atoms with van der Waals surface area (Å²) in [5.74, 6) is 0.909. The van der Waals surface area contributed by atoms with Gasteiger partial charge in [0.15, 0.2) is 0 Å². The van der Waals surface area contributed by atoms with Crippen LogP contribution < -0.4 is 10.6 Å². The van der Waals surface area contributed by atoms with Crippen molar-refractivity contribution in [1.29, 1.82) is 0 Å². The Morgan fingerprint density at radius 3 is 2.39 bits per heavy atom. The van der Waals surface area contributed by atoms with Crippen molar-refractivity contribution in [3.63, 3.8) is 0 Å². The van der Waals surface area contributed by atoms with Gasteiger partial charge in [0.05, 0.1) is 5.75 Å². The number of carbonyl (C=O) groups excluding carboxylic acids is 1. The lowest BCUT2D eigenvalue weighted by atomic mass is 10.1. The Bertz CT molecular complexity index is 246. The van der Waals surface area contributed by atoms with Crippen LogP contribution in [0.1, 0.15) is 51.4 Å². The Hall–Kier alpha value is -0.220. The second-order valence-corrected chi connectivity index (χ2v) is 6.81. The maximum absolute atomic E-state index is 11.9. The summed E-state index contributed by atoms with van der Waals surface area (Å²) in [5, 5.41) is 7.27. The smallest absolute Gasteiger partial charge is 0.230 e. The molecule has 104 valence electrons. The zero-order valence-corrected chi connectivity index (χ0v) is 12.1. The van der Waals surface area contributed by atoms with Gasteiger partial charge in [-0.05, 0) is 38.8 Å². The molecule has 1 aliphatic heterocycles. The fraction of sp³-hybridized carbons (Fsp3) is 0.929. The van der Waals surface area contributed by atoms with Gasteiger partial charge >= 0.3 is 0 Å². The Morgan fingerprint density at radius 1 is 1.06 bits per heavy atom. The monoisotopic (exact) mass is 270 g/mol. The normalized spacial score (nSPS) is 23.6. The maximum Gasteiger partial charge on any atom is 0.230 e. The predicted octanol–water partition coefficient (Wildman–Crippen LogP) is 2.31. The maximum atomic E-state index is 11.9. The second kappa shape index (κ2) is 8.05. The summed E-state index contributed by atoms with van der Waals surface area (Å²) in [6, 6.07) is 0.452. The predicted molar refractivity (Wildman–Crippen MR) is 78.0 cm³/mol. The van der Waals surface area contributed by atoms with Crippen molar-refractivity contribution < 1.29 is 4.79 Å². The van der Waals surface area contributed by atoms with Crippen LogP contribution >= 0.6 is 11.8 Å². The van der Waals surface area contributed by atoms with Crippen LogP contribution in [0.4, 0.5) is 0 Å². The van der Waals surface area contributed by atoms with E-state index in [9.17, 15) is 4.79 Å². The molecule has 1 aliphatic carbocycles. The Morgan fingerprint density at radius 2 is 1.72 bits per heavy atom. The largest absolute Gasteiger partial charge is 0.353 e. The molecule has 1 amide bonds. The van der Waals surface area contributed by atoms with Gasteiger partial charge in [-0.1, -0.05) is 25.7 Å². The molecular weight excluding hydrogens is 244 g/mol. The Labute approximate surface area is 115 Å². The molecule has 2 N–H and O–H groups in total. The minimum Gasteiger partial charge on any atom is -0.353 e. The van der Waals surface area contributed by atoms with Gasteiger partial charge in [-0.25, -0.2) is 0 Å². The number of thioether (sulfide) groups is 1. The molecule has 2 rings (SSSR count). The summed E-state index contributed by atoms with van der Waals surface area (Å²) in [7, 11) is 0. The zero-order chi connectivity index (χ0) is 12.6. The van der Waals surface area contributed by atoms with E-state index in [1.54, 1.807) is 0 Å². The van der Waals surface area contributed by atoms with Gasteiger partial charge in [-0.15, -0.1) is 11.8 Å². The van der Waals surface area contributed by atoms with Gasteiger partial charge in [-0.3, -0.25) is 4.79 Å². The molecule has 2 aliphatic rings. The Balaban J connectivity index is 1.61. The molecule has 4 heteroatoms. The van der Waals surface area contributed by atoms with Crippen LogP contribution in [-0.2, 0) is 4.79 Å². The van der Waals surface area contributed by atoms with Crippen molar-refractivity contribution >= 4 is 17.7 Å². The van der Waals surface area contributed by atoms with Crippen LogP contribution in [0.3, 0.4) is 0 Å². The summed E-state index contributed by atoms with van der Waals surface area (Å²) >= 11 is 1.85. The first kappa shape index (κ1) is 14.2. The van der Waals surface area contributed by atoms with Gasteiger partial charge < -0.3 is 10.6 Å². The number of piperidine rings is 1. The van der Waals surface area contributed by atoms with Gasteiger partial charge in [0.1, 0.15) is 0 Å². The van der Waals surface area contributed by atoms with E-state index in [1.807, 2.05) is 11.8 Å². The van der Waals surface area contributed by atoms with Crippen LogP contribution in [0.2, 0.25) is 0 Å². The lowest BCUT2D eigenvalue weighted by Gasteiger charge is -2.22. The van der Waals surface area contributed by atoms with Crippen molar-refractivity contribution in [1.82, 2.24) is 10.6 Å². The zero-order valence-electron chi connectivity index (χ0n) is 11.2. The van der Waals surface area contributed by atoms with E-state index in [4.69, 9.17) is 0 Å². The first-order chi connectivity index (χ1) is 8.84. The van der Waals surface area contributed by atoms with E-state index in [0.717, 1.165) is 13.1 Å². The summed E-state index contributed by atoms with van der Waals surface area (Å²) in [6.07, 6.45) is 10.0. The van der Waals surface area contributed by atoms with E-state index in [-0.39, 0.29) is 5.91 Å². The van der Waals surface area contributed by atoms with Crippen molar-refractivity contribution in [3.8, 4) is 0 Å². The lowest BCUT2D eigenvalue weighted by molar-refractivity contribution is -0.119. The van der Waals surface area contributed by atoms with E-state index < -0.39 is 0 Å². The van der Waals surface area contributed by atoms with Gasteiger partial charge in [0.2, 0.25) is 5.91 Å². The summed E-state index contributed by atoms with van der Waals surface area (Å²) < 4.78 is 0. The van der Waals surface area contributed by atoms with E-state index in [2.05, 4.69) is 10.6 Å². The van der Waals surface area contributed by atoms with Crippen LogP contribution in [0.5, 0.6) is 0 Å². The summed E-state index contributed by atoms with van der Waals surface area (Å²) in [4.78, 5) is 11.9. The van der Waals surface area contributed by atoms with Crippen molar-refractivity contribution in [2.75, 3.05) is 18.8 Å². The molecule has 1 saturated carbocycles. The molecule has 3 nitrogen and oxygen atoms in total. The number of amides is 1. The highest BCUT2D eigenvalue weighted by atomic mass is 32.2. The number of carbonyl (C=O) groups is 1. The van der Waals surface area contributed by atoms with Crippen molar-refractivity contribution in [2.24, 2.45) is 0 Å². The first-order valence-electron chi connectivity index (χ1n) is 7.46. The Kier molecular flexibility index (Phi) is 6.35. The molecule has 0 radical (unpaired) electrons. The fourth-order valence-electron chi connectivity index (χ4n) is 2.85. The summed E-state index contributed by atoms with van der Waals surface area (Å²) in [6.45, 7) is 2.23. The molecule has 2 fully saturated rings. The highest BCUT2D eigenvalue weighted by Crippen LogP contribution is 2.21. The SMILES string of the molecule is O=C(CSC1CCNCC1)NC1CCCCCC1. The third-order valence-electron chi connectivity index (χ3n) is 3.96. The van der Waals surface area contributed by atoms with Gasteiger partial charge in [0, 0.05) is 11.3 Å². The standard InChI is InChI=1S/C14H26N2OS/c17-14(11-18-13-7-9-15-10-8-13)16-12-5-3-1-2-4-6-12/h12-13,15H,1-11H2,(H,16,17). The molecular formula is C14H26N2OS. The molecule has 1 saturated heterocycles. The minimum atomic E-state index is 0.255. The lowest BCUT2D eigenvalue weighted by Crippen LogP contribution is -2.36. The highest BCUT2D eigenvalue weighted by molar-refractivity contribution is 8.00. The van der Waals surface area contributed by atoms with E-state index >= 15 is 0 Å². The molecule has 0 aromatic heterocycles. The topological polar surface area (TPSA) is 41.1 Å². The van der Waals surface area contributed by atoms with Gasteiger partial charge in [-0.2, -0.15) is 0 Å². The highest BCUT2D eigenvalue weighted by Gasteiger charge is 2.17. The third-order valence-corrected chi connectivity index (χ3v) is 5.33. The molecule has 0 atom stereocenters. The van der Waals surface area contributed by atoms with Crippen LogP contribution in [0, 0.1) is 0 Å². The number of hydrogen-bond donors (Lipinski definition) is 2. The molecule has 0 unspecified atom stereocenters. The van der Waals surface area contributed by atoms with Crippen molar-refractivity contribution in [2.45, 2.75) is 62.7 Å². The molecule has 0 bridgehead atoms. The summed E-state index contributed by atoms with van der Waals surface area (Å²) in [5.41, 5.74) is 0. The second-order valence-electron chi connectivity index (χ2n) is 5.52. The number of nitrogens with one attached hydrogen (secondary N) is 2. The first-order valence-corrected chi connectivity index (χ1v) is 8.51. The molecule has 18 heavy (non-hydrogen) atoms. The van der Waals surface area contributed by atoms with E-state index in [0.29, 0.717) is 17.0 Å². The van der Waals surface area contributed by atoms with Crippen LogP contribution in [0.25, 0.3) is 0 Å². The average Bonchev–Trinajstić information content (AvgIpc) is 2.66. The number of hydrogen-bond acceptors (Lipinski definition) is 3. The molecule has 0 aromatic rings.